The Kier molecular flexibility index (Phi) is 6.53. The third-order valence-corrected chi connectivity index (χ3v) is 8.56. The van der Waals surface area contributed by atoms with Gasteiger partial charge in [-0.15, -0.1) is 0 Å². The van der Waals surface area contributed by atoms with E-state index in [1.54, 1.807) is 5.57 Å². The monoisotopic (exact) mass is 405 g/mol. The lowest BCUT2D eigenvalue weighted by molar-refractivity contribution is 0.0609. The zero-order valence-electron chi connectivity index (χ0n) is 18.3. The molecule has 0 aromatic carbocycles. The summed E-state index contributed by atoms with van der Waals surface area (Å²) in [5.41, 5.74) is 3.14. The summed E-state index contributed by atoms with van der Waals surface area (Å²) in [7, 11) is 0. The van der Waals surface area contributed by atoms with Crippen molar-refractivity contribution >= 4 is 0 Å². The minimum atomic E-state index is -0.622. The number of nitrogens with zero attached hydrogens (tertiary/aromatic N) is 1. The summed E-state index contributed by atoms with van der Waals surface area (Å²) in [4.78, 5) is 2.34. The van der Waals surface area contributed by atoms with Crippen molar-refractivity contribution in [2.24, 2.45) is 23.2 Å². The van der Waals surface area contributed by atoms with Crippen LogP contribution in [0.3, 0.4) is 0 Å². The van der Waals surface area contributed by atoms with Gasteiger partial charge in [0.1, 0.15) is 6.17 Å². The zero-order chi connectivity index (χ0) is 20.6. The number of alkyl halides is 1. The molecule has 7 atom stereocenters. The topological polar surface area (TPSA) is 43.7 Å². The molecule has 3 nitrogen and oxygen atoms in total. The number of aliphatic hydroxyl groups is 2. The van der Waals surface area contributed by atoms with E-state index in [4.69, 9.17) is 0 Å². The molecule has 4 heteroatoms. The smallest absolute Gasteiger partial charge is 0.114 e. The van der Waals surface area contributed by atoms with Gasteiger partial charge in [0.05, 0.1) is 12.2 Å². The molecule has 4 rings (SSSR count). The summed E-state index contributed by atoms with van der Waals surface area (Å²) in [6.45, 7) is 7.52. The molecule has 0 aromatic heterocycles. The highest BCUT2D eigenvalue weighted by atomic mass is 19.1. The standard InChI is InChI=1S/C25H40FNO2/c1-17(15-27-11-9-20(26)16-27)23-7-8-24-19(4-3-10-25(23,24)2)6-5-18-12-21(28)14-22(29)13-18/h5-6,17,20-24,28-29H,3-4,7-16H2,1-2H3/b19-6+/t17-,20+,21+,22+,23?,24-,25+/m0/s1. The second-order valence-electron chi connectivity index (χ2n) is 10.7. The molecule has 2 N–H and O–H groups in total. The van der Waals surface area contributed by atoms with Crippen molar-refractivity contribution in [1.29, 1.82) is 0 Å². The zero-order valence-corrected chi connectivity index (χ0v) is 18.3. The molecule has 29 heavy (non-hydrogen) atoms. The largest absolute Gasteiger partial charge is 0.393 e. The Morgan fingerprint density at radius 2 is 1.93 bits per heavy atom. The maximum Gasteiger partial charge on any atom is 0.114 e. The summed E-state index contributed by atoms with van der Waals surface area (Å²) < 4.78 is 13.6. The van der Waals surface area contributed by atoms with Gasteiger partial charge >= 0.3 is 0 Å². The van der Waals surface area contributed by atoms with Gasteiger partial charge in [-0.2, -0.15) is 0 Å². The van der Waals surface area contributed by atoms with Crippen molar-refractivity contribution in [1.82, 2.24) is 4.90 Å². The molecule has 1 heterocycles. The normalized spacial score (nSPS) is 43.6. The summed E-state index contributed by atoms with van der Waals surface area (Å²) in [6.07, 6.45) is 12.1. The van der Waals surface area contributed by atoms with E-state index < -0.39 is 18.4 Å². The van der Waals surface area contributed by atoms with Gasteiger partial charge in [-0.05, 0) is 81.0 Å². The van der Waals surface area contributed by atoms with Crippen molar-refractivity contribution in [3.05, 3.63) is 23.3 Å². The molecule has 4 aliphatic rings. The first-order valence-electron chi connectivity index (χ1n) is 12.0. The Labute approximate surface area is 176 Å². The molecule has 0 radical (unpaired) electrons. The van der Waals surface area contributed by atoms with Crippen LogP contribution in [0.4, 0.5) is 4.39 Å². The molecule has 0 bridgehead atoms. The van der Waals surface area contributed by atoms with Crippen LogP contribution >= 0.6 is 0 Å². The molecule has 3 saturated carbocycles. The molecule has 164 valence electrons. The first kappa shape index (κ1) is 21.5. The number of aliphatic hydroxyl groups excluding tert-OH is 2. The van der Waals surface area contributed by atoms with Gasteiger partial charge in [0.15, 0.2) is 0 Å². The van der Waals surface area contributed by atoms with Crippen LogP contribution in [-0.4, -0.2) is 53.1 Å². The maximum absolute atomic E-state index is 13.6. The first-order chi connectivity index (χ1) is 13.8. The number of rotatable bonds is 4. The fourth-order valence-corrected chi connectivity index (χ4v) is 7.23. The van der Waals surface area contributed by atoms with Crippen LogP contribution in [0.2, 0.25) is 0 Å². The van der Waals surface area contributed by atoms with E-state index in [1.165, 1.54) is 37.7 Å². The first-order valence-corrected chi connectivity index (χ1v) is 12.0. The lowest BCUT2D eigenvalue weighted by atomic mass is 9.61. The van der Waals surface area contributed by atoms with E-state index in [9.17, 15) is 14.6 Å². The third kappa shape index (κ3) is 4.65. The van der Waals surface area contributed by atoms with Crippen molar-refractivity contribution in [3.8, 4) is 0 Å². The predicted molar refractivity (Wildman–Crippen MR) is 115 cm³/mol. The van der Waals surface area contributed by atoms with Gasteiger partial charge in [0.25, 0.3) is 0 Å². The van der Waals surface area contributed by atoms with Crippen molar-refractivity contribution in [2.75, 3.05) is 19.6 Å². The van der Waals surface area contributed by atoms with Gasteiger partial charge in [-0.3, -0.25) is 0 Å². The summed E-state index contributed by atoms with van der Waals surface area (Å²) in [5.74, 6) is 2.00. The second-order valence-corrected chi connectivity index (χ2v) is 10.7. The Hall–Kier alpha value is -0.710. The number of hydrogen-bond acceptors (Lipinski definition) is 3. The number of fused-ring (bicyclic) bond motifs is 1. The average Bonchev–Trinajstić information content (AvgIpc) is 3.21. The van der Waals surface area contributed by atoms with Gasteiger partial charge in [0.2, 0.25) is 0 Å². The molecule has 1 unspecified atom stereocenters. The lowest BCUT2D eigenvalue weighted by Crippen LogP contribution is -2.39. The molecular weight excluding hydrogens is 365 g/mol. The van der Waals surface area contributed by atoms with Gasteiger partial charge in [-0.25, -0.2) is 4.39 Å². The van der Waals surface area contributed by atoms with Crippen LogP contribution in [0.5, 0.6) is 0 Å². The van der Waals surface area contributed by atoms with E-state index in [0.29, 0.717) is 49.5 Å². The number of halogens is 1. The highest BCUT2D eigenvalue weighted by molar-refractivity contribution is 5.26. The molecule has 4 fully saturated rings. The van der Waals surface area contributed by atoms with Crippen LogP contribution in [0.15, 0.2) is 23.3 Å². The number of allylic oxidation sites excluding steroid dienone is 3. The summed E-state index contributed by atoms with van der Waals surface area (Å²) in [5, 5.41) is 19.9. The lowest BCUT2D eigenvalue weighted by Gasteiger charge is -2.45. The van der Waals surface area contributed by atoms with Gasteiger partial charge in [-0.1, -0.05) is 37.1 Å². The Morgan fingerprint density at radius 1 is 1.17 bits per heavy atom. The quantitative estimate of drug-likeness (QED) is 0.716. The molecule has 0 spiro atoms. The van der Waals surface area contributed by atoms with Crippen molar-refractivity contribution in [2.45, 2.75) is 90.0 Å². The molecule has 3 aliphatic carbocycles. The van der Waals surface area contributed by atoms with E-state index in [0.717, 1.165) is 19.0 Å². The fourth-order valence-electron chi connectivity index (χ4n) is 7.23. The predicted octanol–water partition coefficient (Wildman–Crippen LogP) is 4.64. The van der Waals surface area contributed by atoms with Gasteiger partial charge < -0.3 is 15.1 Å². The number of likely N-dealkylation sites (tertiary alicyclic amines) is 1. The highest BCUT2D eigenvalue weighted by Gasteiger charge is 2.50. The van der Waals surface area contributed by atoms with Crippen molar-refractivity contribution < 1.29 is 14.6 Å². The van der Waals surface area contributed by atoms with E-state index in [1.807, 2.05) is 0 Å². The summed E-state index contributed by atoms with van der Waals surface area (Å²) >= 11 is 0. The summed E-state index contributed by atoms with van der Waals surface area (Å²) in [6, 6.07) is 0. The SMILES string of the molecule is C[C@@H](CN1CC[C@@H](F)C1)C1CC[C@H]2/C(=C/C=C3C[C@@H](O)C[C@H](O)C3)CCC[C@]12C. The van der Waals surface area contributed by atoms with Crippen LogP contribution < -0.4 is 0 Å². The molecule has 1 saturated heterocycles. The molecule has 0 amide bonds. The molecule has 0 aromatic rings. The Morgan fingerprint density at radius 3 is 2.62 bits per heavy atom. The highest BCUT2D eigenvalue weighted by Crippen LogP contribution is 2.59. The Bertz CT molecular complexity index is 635. The minimum absolute atomic E-state index is 0.364. The van der Waals surface area contributed by atoms with E-state index >= 15 is 0 Å². The minimum Gasteiger partial charge on any atom is -0.393 e. The van der Waals surface area contributed by atoms with Crippen molar-refractivity contribution in [3.63, 3.8) is 0 Å². The second kappa shape index (κ2) is 8.80. The molecular formula is C25H40FNO2. The van der Waals surface area contributed by atoms with Crippen LogP contribution in [0.25, 0.3) is 0 Å². The maximum atomic E-state index is 13.6. The Balaban J connectivity index is 1.44. The van der Waals surface area contributed by atoms with Gasteiger partial charge in [0, 0.05) is 19.6 Å². The van der Waals surface area contributed by atoms with Crippen LogP contribution in [-0.2, 0) is 0 Å². The van der Waals surface area contributed by atoms with Crippen LogP contribution in [0, 0.1) is 23.2 Å². The number of hydrogen-bond donors (Lipinski definition) is 2. The van der Waals surface area contributed by atoms with E-state index in [-0.39, 0.29) is 0 Å². The van der Waals surface area contributed by atoms with Crippen LogP contribution in [0.1, 0.15) is 71.6 Å². The fraction of sp³-hybridized carbons (Fsp3) is 0.840. The molecule has 1 aliphatic heterocycles. The average molecular weight is 406 g/mol. The van der Waals surface area contributed by atoms with E-state index in [2.05, 4.69) is 30.9 Å². The third-order valence-electron chi connectivity index (χ3n) is 8.56.